The van der Waals surface area contributed by atoms with Gasteiger partial charge in [-0.2, -0.15) is 8.78 Å². The third kappa shape index (κ3) is 5.85. The largest absolute Gasteiger partial charge is 0.491 e. The highest BCUT2D eigenvalue weighted by molar-refractivity contribution is 5.35. The summed E-state index contributed by atoms with van der Waals surface area (Å²) in [4.78, 5) is 0. The summed E-state index contributed by atoms with van der Waals surface area (Å²) in [5.41, 5.74) is 5.24. The Morgan fingerprint density at radius 2 is 1.26 bits per heavy atom. The molecule has 3 aromatic rings. The second kappa shape index (κ2) is 11.3. The average Bonchev–Trinajstić information content (AvgIpc) is 2.87. The minimum atomic E-state index is -1.00. The van der Waals surface area contributed by atoms with Crippen LogP contribution in [0.15, 0.2) is 72.8 Å². The first kappa shape index (κ1) is 24.0. The van der Waals surface area contributed by atoms with Crippen LogP contribution in [0.3, 0.4) is 0 Å². The molecule has 2 nitrogen and oxygen atoms in total. The summed E-state index contributed by atoms with van der Waals surface area (Å²) in [6.07, 6.45) is 8.54. The zero-order valence-electron chi connectivity index (χ0n) is 19.9. The number of hydrogen-bond donors (Lipinski definition) is 0. The SMILES string of the molecule is CCOc1ccc(OCCCc2ccc(C3C=CC(c4ccc(C)cc4)CC3)cc2)c(F)c1F. The lowest BCUT2D eigenvalue weighted by atomic mass is 9.81. The van der Waals surface area contributed by atoms with Gasteiger partial charge in [-0.3, -0.25) is 0 Å². The number of aryl methyl sites for hydroxylation is 2. The van der Waals surface area contributed by atoms with Crippen molar-refractivity contribution in [1.82, 2.24) is 0 Å². The summed E-state index contributed by atoms with van der Waals surface area (Å²) < 4.78 is 38.6. The molecule has 178 valence electrons. The number of ether oxygens (including phenoxy) is 2. The van der Waals surface area contributed by atoms with Gasteiger partial charge in [0.2, 0.25) is 11.6 Å². The van der Waals surface area contributed by atoms with E-state index in [-0.39, 0.29) is 18.1 Å². The van der Waals surface area contributed by atoms with E-state index in [1.807, 2.05) is 0 Å². The van der Waals surface area contributed by atoms with Crippen LogP contribution in [0.25, 0.3) is 0 Å². The van der Waals surface area contributed by atoms with Gasteiger partial charge in [0.15, 0.2) is 11.5 Å². The van der Waals surface area contributed by atoms with Gasteiger partial charge >= 0.3 is 0 Å². The maximum Gasteiger partial charge on any atom is 0.204 e. The van der Waals surface area contributed by atoms with Crippen molar-refractivity contribution in [3.8, 4) is 11.5 Å². The van der Waals surface area contributed by atoms with E-state index < -0.39 is 11.6 Å². The normalized spacial score (nSPS) is 17.5. The molecule has 1 aliphatic carbocycles. The summed E-state index contributed by atoms with van der Waals surface area (Å²) in [6.45, 7) is 4.44. The van der Waals surface area contributed by atoms with E-state index in [1.165, 1.54) is 34.4 Å². The molecule has 0 heterocycles. The minimum Gasteiger partial charge on any atom is -0.491 e. The highest BCUT2D eigenvalue weighted by atomic mass is 19.2. The maximum atomic E-state index is 14.1. The topological polar surface area (TPSA) is 18.5 Å². The zero-order valence-corrected chi connectivity index (χ0v) is 19.9. The predicted molar refractivity (Wildman–Crippen MR) is 133 cm³/mol. The van der Waals surface area contributed by atoms with Gasteiger partial charge in [-0.05, 0) is 68.4 Å². The lowest BCUT2D eigenvalue weighted by Crippen LogP contribution is -2.07. The van der Waals surface area contributed by atoms with Gasteiger partial charge in [-0.1, -0.05) is 66.2 Å². The van der Waals surface area contributed by atoms with Crippen LogP contribution in [0, 0.1) is 18.6 Å². The summed E-state index contributed by atoms with van der Waals surface area (Å²) in [6, 6.07) is 20.4. The Labute approximate surface area is 201 Å². The molecule has 2 unspecified atom stereocenters. The molecule has 1 aliphatic rings. The molecule has 0 saturated heterocycles. The Morgan fingerprint density at radius 3 is 1.79 bits per heavy atom. The first-order valence-corrected chi connectivity index (χ1v) is 12.1. The molecule has 0 bridgehead atoms. The minimum absolute atomic E-state index is 0.0793. The smallest absolute Gasteiger partial charge is 0.204 e. The number of halogens is 2. The Morgan fingerprint density at radius 1 is 0.735 bits per heavy atom. The van der Waals surface area contributed by atoms with Crippen LogP contribution in [0.2, 0.25) is 0 Å². The fourth-order valence-electron chi connectivity index (χ4n) is 4.47. The fourth-order valence-corrected chi connectivity index (χ4v) is 4.47. The highest BCUT2D eigenvalue weighted by Gasteiger charge is 2.18. The van der Waals surface area contributed by atoms with Gasteiger partial charge in [0, 0.05) is 11.8 Å². The second-order valence-corrected chi connectivity index (χ2v) is 8.90. The van der Waals surface area contributed by atoms with Gasteiger partial charge in [-0.25, -0.2) is 0 Å². The molecule has 0 N–H and O–H groups in total. The van der Waals surface area contributed by atoms with Crippen molar-refractivity contribution in [2.45, 2.75) is 51.4 Å². The van der Waals surface area contributed by atoms with Crippen LogP contribution in [0.1, 0.15) is 60.3 Å². The summed E-state index contributed by atoms with van der Waals surface area (Å²) in [5.74, 6) is -1.21. The molecule has 4 heteroatoms. The van der Waals surface area contributed by atoms with Crippen LogP contribution in [0.5, 0.6) is 11.5 Å². The predicted octanol–water partition coefficient (Wildman–Crippen LogP) is 7.90. The van der Waals surface area contributed by atoms with E-state index >= 15 is 0 Å². The molecule has 2 atom stereocenters. The van der Waals surface area contributed by atoms with Crippen molar-refractivity contribution in [3.05, 3.63) is 107 Å². The lowest BCUT2D eigenvalue weighted by Gasteiger charge is -2.24. The van der Waals surface area contributed by atoms with Gasteiger partial charge in [0.05, 0.1) is 13.2 Å². The zero-order chi connectivity index (χ0) is 23.9. The number of rotatable bonds is 9. The highest BCUT2D eigenvalue weighted by Crippen LogP contribution is 2.35. The monoisotopic (exact) mass is 462 g/mol. The third-order valence-electron chi connectivity index (χ3n) is 6.46. The van der Waals surface area contributed by atoms with Crippen LogP contribution in [0.4, 0.5) is 8.78 Å². The summed E-state index contributed by atoms with van der Waals surface area (Å²) >= 11 is 0. The van der Waals surface area contributed by atoms with Crippen molar-refractivity contribution in [2.75, 3.05) is 13.2 Å². The molecule has 0 saturated carbocycles. The van der Waals surface area contributed by atoms with Crippen molar-refractivity contribution in [2.24, 2.45) is 0 Å². The van der Waals surface area contributed by atoms with Crippen molar-refractivity contribution < 1.29 is 18.3 Å². The van der Waals surface area contributed by atoms with E-state index in [0.717, 1.165) is 25.7 Å². The molecule has 3 aromatic carbocycles. The van der Waals surface area contributed by atoms with Gasteiger partial charge in [0.1, 0.15) is 0 Å². The van der Waals surface area contributed by atoms with Gasteiger partial charge in [-0.15, -0.1) is 0 Å². The molecule has 4 rings (SSSR count). The fraction of sp³-hybridized carbons (Fsp3) is 0.333. The number of benzene rings is 3. The Balaban J connectivity index is 1.26. The van der Waals surface area contributed by atoms with E-state index in [4.69, 9.17) is 9.47 Å². The Kier molecular flexibility index (Phi) is 7.99. The van der Waals surface area contributed by atoms with E-state index in [0.29, 0.717) is 18.4 Å². The standard InChI is InChI=1S/C30H32F2O2/c1-3-33-27-18-19-28(30(32)29(27)31)34-20-4-5-22-8-12-24(13-9-22)26-16-14-25(15-17-26)23-10-6-21(2)7-11-23/h6-14,16,18-19,25-26H,3-5,15,17,20H2,1-2H3. The van der Waals surface area contributed by atoms with Gasteiger partial charge < -0.3 is 9.47 Å². The molecular formula is C30H32F2O2. The Bertz CT molecular complexity index is 1100. The van der Waals surface area contributed by atoms with E-state index in [2.05, 4.69) is 67.6 Å². The van der Waals surface area contributed by atoms with Crippen LogP contribution in [-0.2, 0) is 6.42 Å². The van der Waals surface area contributed by atoms with Crippen LogP contribution in [-0.4, -0.2) is 13.2 Å². The quantitative estimate of drug-likeness (QED) is 0.238. The molecule has 0 aliphatic heterocycles. The first-order valence-electron chi connectivity index (χ1n) is 12.1. The average molecular weight is 463 g/mol. The van der Waals surface area contributed by atoms with Crippen molar-refractivity contribution in [1.29, 1.82) is 0 Å². The second-order valence-electron chi connectivity index (χ2n) is 8.90. The summed E-state index contributed by atoms with van der Waals surface area (Å²) in [7, 11) is 0. The molecule has 0 radical (unpaired) electrons. The van der Waals surface area contributed by atoms with E-state index in [1.54, 1.807) is 6.92 Å². The third-order valence-corrected chi connectivity index (χ3v) is 6.46. The molecule has 0 aromatic heterocycles. The maximum absolute atomic E-state index is 14.1. The summed E-state index contributed by atoms with van der Waals surface area (Å²) in [5, 5.41) is 0. The van der Waals surface area contributed by atoms with Crippen LogP contribution >= 0.6 is 0 Å². The molecule has 0 spiro atoms. The number of hydrogen-bond acceptors (Lipinski definition) is 2. The lowest BCUT2D eigenvalue weighted by molar-refractivity contribution is 0.278. The molecule has 0 amide bonds. The van der Waals surface area contributed by atoms with Crippen molar-refractivity contribution in [3.63, 3.8) is 0 Å². The van der Waals surface area contributed by atoms with E-state index in [9.17, 15) is 8.78 Å². The first-order chi connectivity index (χ1) is 16.5. The molecule has 34 heavy (non-hydrogen) atoms. The van der Waals surface area contributed by atoms with Gasteiger partial charge in [0.25, 0.3) is 0 Å². The number of allylic oxidation sites excluding steroid dienone is 2. The van der Waals surface area contributed by atoms with Crippen LogP contribution < -0.4 is 9.47 Å². The molecule has 0 fully saturated rings. The van der Waals surface area contributed by atoms with Crippen molar-refractivity contribution >= 4 is 0 Å². The molecular weight excluding hydrogens is 430 g/mol. The Hall–Kier alpha value is -3.14.